The molecule has 3 aromatic rings. The van der Waals surface area contributed by atoms with E-state index in [9.17, 15) is 4.79 Å². The number of para-hydroxylation sites is 1. The van der Waals surface area contributed by atoms with Gasteiger partial charge in [-0.1, -0.05) is 18.2 Å². The van der Waals surface area contributed by atoms with Gasteiger partial charge in [0.15, 0.2) is 0 Å². The van der Waals surface area contributed by atoms with E-state index in [2.05, 4.69) is 15.3 Å². The van der Waals surface area contributed by atoms with Crippen LogP contribution in [0.4, 0.5) is 5.69 Å². The second-order valence-corrected chi connectivity index (χ2v) is 4.31. The van der Waals surface area contributed by atoms with Gasteiger partial charge in [0, 0.05) is 17.0 Å². The molecule has 3 rings (SSSR count). The van der Waals surface area contributed by atoms with Gasteiger partial charge in [-0.2, -0.15) is 0 Å². The fraction of sp³-hybridized carbons (Fsp3) is 0.0667. The monoisotopic (exact) mass is 267 g/mol. The van der Waals surface area contributed by atoms with Crippen molar-refractivity contribution in [1.29, 1.82) is 0 Å². The fourth-order valence-electron chi connectivity index (χ4n) is 1.97. The smallest absolute Gasteiger partial charge is 0.272 e. The lowest BCUT2D eigenvalue weighted by Gasteiger charge is -2.04. The first-order chi connectivity index (χ1) is 9.76. The number of rotatable bonds is 3. The van der Waals surface area contributed by atoms with Gasteiger partial charge < -0.3 is 15.0 Å². The number of aromatic nitrogens is 2. The Bertz CT molecular complexity index is 714. The molecule has 2 heterocycles. The SMILES string of the molecule is COc1ccc(NC(=O)c2cc3ccccc3[nH]2)cn1. The Morgan fingerprint density at radius 2 is 2.10 bits per heavy atom. The van der Waals surface area contributed by atoms with Gasteiger partial charge in [-0.05, 0) is 18.2 Å². The molecule has 0 unspecified atom stereocenters. The lowest BCUT2D eigenvalue weighted by atomic mass is 10.2. The third-order valence-electron chi connectivity index (χ3n) is 2.98. The molecular formula is C15H13N3O2. The Balaban J connectivity index is 1.81. The number of ether oxygens (including phenoxy) is 1. The molecule has 0 aliphatic heterocycles. The molecule has 5 heteroatoms. The zero-order valence-corrected chi connectivity index (χ0v) is 10.9. The number of methoxy groups -OCH3 is 1. The van der Waals surface area contributed by atoms with Crippen molar-refractivity contribution in [2.75, 3.05) is 12.4 Å². The van der Waals surface area contributed by atoms with Crippen molar-refractivity contribution < 1.29 is 9.53 Å². The van der Waals surface area contributed by atoms with Gasteiger partial charge in [-0.25, -0.2) is 4.98 Å². The van der Waals surface area contributed by atoms with Crippen LogP contribution in [-0.4, -0.2) is 23.0 Å². The molecule has 2 aromatic heterocycles. The maximum atomic E-state index is 12.1. The summed E-state index contributed by atoms with van der Waals surface area (Å²) in [5, 5.41) is 3.79. The Morgan fingerprint density at radius 1 is 1.25 bits per heavy atom. The lowest BCUT2D eigenvalue weighted by Crippen LogP contribution is -2.12. The first kappa shape index (κ1) is 12.2. The van der Waals surface area contributed by atoms with Crippen molar-refractivity contribution in [1.82, 2.24) is 9.97 Å². The van der Waals surface area contributed by atoms with Gasteiger partial charge in [0.2, 0.25) is 5.88 Å². The minimum Gasteiger partial charge on any atom is -0.481 e. The summed E-state index contributed by atoms with van der Waals surface area (Å²) in [6.07, 6.45) is 1.55. The van der Waals surface area contributed by atoms with Gasteiger partial charge in [0.1, 0.15) is 5.69 Å². The molecule has 0 saturated carbocycles. The van der Waals surface area contributed by atoms with Crippen LogP contribution in [0, 0.1) is 0 Å². The predicted molar refractivity (Wildman–Crippen MR) is 77.0 cm³/mol. The van der Waals surface area contributed by atoms with Crippen LogP contribution in [0.25, 0.3) is 10.9 Å². The summed E-state index contributed by atoms with van der Waals surface area (Å²) >= 11 is 0. The van der Waals surface area contributed by atoms with E-state index < -0.39 is 0 Å². The van der Waals surface area contributed by atoms with Crippen LogP contribution in [0.3, 0.4) is 0 Å². The second-order valence-electron chi connectivity index (χ2n) is 4.31. The zero-order chi connectivity index (χ0) is 13.9. The number of carbonyl (C=O) groups excluding carboxylic acids is 1. The van der Waals surface area contributed by atoms with Crippen LogP contribution < -0.4 is 10.1 Å². The molecule has 2 N–H and O–H groups in total. The maximum absolute atomic E-state index is 12.1. The number of nitrogens with zero attached hydrogens (tertiary/aromatic N) is 1. The van der Waals surface area contributed by atoms with Crippen molar-refractivity contribution in [2.45, 2.75) is 0 Å². The molecule has 0 fully saturated rings. The highest BCUT2D eigenvalue weighted by atomic mass is 16.5. The molecule has 20 heavy (non-hydrogen) atoms. The van der Waals surface area contributed by atoms with E-state index in [1.165, 1.54) is 0 Å². The number of H-pyrrole nitrogens is 1. The first-order valence-corrected chi connectivity index (χ1v) is 6.15. The largest absolute Gasteiger partial charge is 0.481 e. The number of amides is 1. The standard InChI is InChI=1S/C15H13N3O2/c1-20-14-7-6-11(9-16-14)17-15(19)13-8-10-4-2-3-5-12(10)18-13/h2-9,18H,1H3,(H,17,19). The van der Waals surface area contributed by atoms with E-state index in [1.54, 1.807) is 25.4 Å². The first-order valence-electron chi connectivity index (χ1n) is 6.15. The molecular weight excluding hydrogens is 254 g/mol. The lowest BCUT2D eigenvalue weighted by molar-refractivity contribution is 0.102. The molecule has 0 spiro atoms. The number of pyridine rings is 1. The van der Waals surface area contributed by atoms with E-state index in [1.807, 2.05) is 30.3 Å². The predicted octanol–water partition coefficient (Wildman–Crippen LogP) is 2.82. The molecule has 0 radical (unpaired) electrons. The minimum atomic E-state index is -0.201. The fourth-order valence-corrected chi connectivity index (χ4v) is 1.97. The van der Waals surface area contributed by atoms with Gasteiger partial charge >= 0.3 is 0 Å². The van der Waals surface area contributed by atoms with Crippen LogP contribution in [0.15, 0.2) is 48.7 Å². The number of anilines is 1. The third-order valence-corrected chi connectivity index (χ3v) is 2.98. The van der Waals surface area contributed by atoms with Crippen LogP contribution in [-0.2, 0) is 0 Å². The van der Waals surface area contributed by atoms with Gasteiger partial charge in [0.25, 0.3) is 5.91 Å². The van der Waals surface area contributed by atoms with Crippen LogP contribution >= 0.6 is 0 Å². The van der Waals surface area contributed by atoms with Crippen molar-refractivity contribution in [3.8, 4) is 5.88 Å². The number of nitrogens with one attached hydrogen (secondary N) is 2. The van der Waals surface area contributed by atoms with E-state index in [-0.39, 0.29) is 5.91 Å². The number of benzene rings is 1. The zero-order valence-electron chi connectivity index (χ0n) is 10.9. The Kier molecular flexibility index (Phi) is 3.09. The highest BCUT2D eigenvalue weighted by molar-refractivity contribution is 6.05. The summed E-state index contributed by atoms with van der Waals surface area (Å²) in [7, 11) is 1.55. The normalized spacial score (nSPS) is 10.4. The molecule has 0 bridgehead atoms. The van der Waals surface area contributed by atoms with E-state index in [4.69, 9.17) is 4.74 Å². The maximum Gasteiger partial charge on any atom is 0.272 e. The molecule has 5 nitrogen and oxygen atoms in total. The average molecular weight is 267 g/mol. The van der Waals surface area contributed by atoms with E-state index in [0.29, 0.717) is 17.3 Å². The molecule has 0 aliphatic carbocycles. The second kappa shape index (κ2) is 5.05. The number of hydrogen-bond donors (Lipinski definition) is 2. The number of carbonyl (C=O) groups is 1. The summed E-state index contributed by atoms with van der Waals surface area (Å²) in [5.41, 5.74) is 2.07. The quantitative estimate of drug-likeness (QED) is 0.766. The summed E-state index contributed by atoms with van der Waals surface area (Å²) in [6.45, 7) is 0. The molecule has 0 saturated heterocycles. The molecule has 0 aliphatic rings. The molecule has 0 atom stereocenters. The molecule has 1 aromatic carbocycles. The van der Waals surface area contributed by atoms with Gasteiger partial charge in [-0.3, -0.25) is 4.79 Å². The van der Waals surface area contributed by atoms with Crippen LogP contribution in [0.2, 0.25) is 0 Å². The minimum absolute atomic E-state index is 0.201. The topological polar surface area (TPSA) is 67.0 Å². The van der Waals surface area contributed by atoms with Crippen molar-refractivity contribution in [3.05, 3.63) is 54.4 Å². The van der Waals surface area contributed by atoms with E-state index in [0.717, 1.165) is 10.9 Å². The molecule has 1 amide bonds. The van der Waals surface area contributed by atoms with Crippen molar-refractivity contribution >= 4 is 22.5 Å². The highest BCUT2D eigenvalue weighted by Gasteiger charge is 2.09. The van der Waals surface area contributed by atoms with Gasteiger partial charge in [-0.15, -0.1) is 0 Å². The third kappa shape index (κ3) is 2.33. The van der Waals surface area contributed by atoms with E-state index >= 15 is 0 Å². The van der Waals surface area contributed by atoms with Crippen molar-refractivity contribution in [2.24, 2.45) is 0 Å². The number of fused-ring (bicyclic) bond motifs is 1. The Hall–Kier alpha value is -2.82. The average Bonchev–Trinajstić information content (AvgIpc) is 2.92. The van der Waals surface area contributed by atoms with Crippen LogP contribution in [0.5, 0.6) is 5.88 Å². The summed E-state index contributed by atoms with van der Waals surface area (Å²) < 4.78 is 4.97. The highest BCUT2D eigenvalue weighted by Crippen LogP contribution is 2.16. The van der Waals surface area contributed by atoms with Crippen molar-refractivity contribution in [3.63, 3.8) is 0 Å². The summed E-state index contributed by atoms with van der Waals surface area (Å²) in [5.74, 6) is 0.307. The Morgan fingerprint density at radius 3 is 2.80 bits per heavy atom. The van der Waals surface area contributed by atoms with Gasteiger partial charge in [0.05, 0.1) is 19.0 Å². The Labute approximate surface area is 115 Å². The van der Waals surface area contributed by atoms with Crippen LogP contribution in [0.1, 0.15) is 10.5 Å². The number of hydrogen-bond acceptors (Lipinski definition) is 3. The number of aromatic amines is 1. The molecule has 100 valence electrons. The summed E-state index contributed by atoms with van der Waals surface area (Å²) in [6, 6.07) is 13.0. The summed E-state index contributed by atoms with van der Waals surface area (Å²) in [4.78, 5) is 19.3.